The third kappa shape index (κ3) is 3.56. The second kappa shape index (κ2) is 6.21. The second-order valence-corrected chi connectivity index (χ2v) is 7.73. The number of hydrogen-bond donors (Lipinski definition) is 0. The summed E-state index contributed by atoms with van der Waals surface area (Å²) in [6.07, 6.45) is -0.0824. The van der Waals surface area contributed by atoms with Crippen molar-refractivity contribution in [2.45, 2.75) is 6.42 Å². The Bertz CT molecular complexity index is 721. The van der Waals surface area contributed by atoms with Gasteiger partial charge in [0.15, 0.2) is 0 Å². The average Bonchev–Trinajstić information content (AvgIpc) is 2.75. The molecule has 0 bridgehead atoms. The van der Waals surface area contributed by atoms with Crippen LogP contribution in [0.4, 0.5) is 10.1 Å². The number of halogens is 2. The van der Waals surface area contributed by atoms with E-state index in [2.05, 4.69) is 4.74 Å². The molecule has 1 unspecified atom stereocenters. The molecule has 0 radical (unpaired) electrons. The van der Waals surface area contributed by atoms with E-state index in [1.165, 1.54) is 12.1 Å². The molecule has 1 aromatic rings. The van der Waals surface area contributed by atoms with Crippen LogP contribution in [-0.4, -0.2) is 39.7 Å². The fraction of sp³-hybridized carbons (Fsp3) is 0.385. The van der Waals surface area contributed by atoms with Crippen molar-refractivity contribution in [2.75, 3.05) is 24.3 Å². The van der Waals surface area contributed by atoms with Crippen molar-refractivity contribution in [3.05, 3.63) is 29.6 Å². The molecule has 1 aliphatic heterocycles. The van der Waals surface area contributed by atoms with Crippen molar-refractivity contribution in [3.63, 3.8) is 0 Å². The first-order chi connectivity index (χ1) is 10.2. The topological polar surface area (TPSA) is 80.8 Å². The lowest BCUT2D eigenvalue weighted by Gasteiger charge is -2.20. The van der Waals surface area contributed by atoms with Crippen LogP contribution < -0.4 is 4.90 Å². The van der Waals surface area contributed by atoms with E-state index < -0.39 is 38.4 Å². The van der Waals surface area contributed by atoms with Crippen LogP contribution in [0.5, 0.6) is 0 Å². The number of hydrogen-bond acceptors (Lipinski definition) is 5. The molecular weight excluding hydrogens is 337 g/mol. The first-order valence-corrected chi connectivity index (χ1v) is 8.80. The number of esters is 1. The lowest BCUT2D eigenvalue weighted by atomic mass is 10.1. The molecule has 6 nitrogen and oxygen atoms in total. The van der Waals surface area contributed by atoms with Gasteiger partial charge < -0.3 is 9.64 Å². The van der Waals surface area contributed by atoms with Crippen LogP contribution in [0.15, 0.2) is 18.2 Å². The van der Waals surface area contributed by atoms with Gasteiger partial charge in [0.25, 0.3) is 0 Å². The van der Waals surface area contributed by atoms with E-state index in [0.717, 1.165) is 18.1 Å². The van der Waals surface area contributed by atoms with Crippen LogP contribution in [0.3, 0.4) is 0 Å². The van der Waals surface area contributed by atoms with Crippen molar-refractivity contribution in [1.82, 2.24) is 0 Å². The van der Waals surface area contributed by atoms with Gasteiger partial charge in [0.05, 0.1) is 24.1 Å². The molecule has 1 aliphatic rings. The summed E-state index contributed by atoms with van der Waals surface area (Å²) in [6.45, 7) is -0.0320. The van der Waals surface area contributed by atoms with Gasteiger partial charge in [-0.15, -0.1) is 0 Å². The molecule has 9 heteroatoms. The Morgan fingerprint density at radius 1 is 1.50 bits per heavy atom. The maximum atomic E-state index is 14.1. The Labute approximate surface area is 131 Å². The molecule has 0 spiro atoms. The number of nitrogens with zero attached hydrogens (tertiary/aromatic N) is 1. The molecule has 120 valence electrons. The van der Waals surface area contributed by atoms with Gasteiger partial charge in [-0.05, 0) is 12.1 Å². The predicted molar refractivity (Wildman–Crippen MR) is 77.8 cm³/mol. The lowest BCUT2D eigenvalue weighted by molar-refractivity contribution is -0.117. The summed E-state index contributed by atoms with van der Waals surface area (Å²) in [5.74, 6) is -2.96. The maximum absolute atomic E-state index is 14.1. The van der Waals surface area contributed by atoms with E-state index in [1.807, 2.05) is 0 Å². The second-order valence-electron chi connectivity index (χ2n) is 4.91. The zero-order valence-electron chi connectivity index (χ0n) is 11.6. The SMILES string of the molecule is COC(=O)c1cccc(F)c1N1CC(CS(=O)(=O)Cl)CC1=O. The minimum absolute atomic E-state index is 0.0320. The molecule has 1 aromatic carbocycles. The summed E-state index contributed by atoms with van der Waals surface area (Å²) in [4.78, 5) is 24.8. The Kier molecular flexibility index (Phi) is 4.72. The normalized spacial score (nSPS) is 18.6. The molecule has 1 saturated heterocycles. The molecular formula is C13H13ClFNO5S. The van der Waals surface area contributed by atoms with Gasteiger partial charge in [0, 0.05) is 29.6 Å². The molecule has 0 N–H and O–H groups in total. The van der Waals surface area contributed by atoms with Crippen molar-refractivity contribution in [3.8, 4) is 0 Å². The van der Waals surface area contributed by atoms with Crippen LogP contribution in [0, 0.1) is 11.7 Å². The van der Waals surface area contributed by atoms with Crippen LogP contribution in [0.25, 0.3) is 0 Å². The van der Waals surface area contributed by atoms with Gasteiger partial charge in [0.2, 0.25) is 15.0 Å². The summed E-state index contributed by atoms with van der Waals surface area (Å²) in [7, 11) is 2.56. The van der Waals surface area contributed by atoms with E-state index in [-0.39, 0.29) is 24.2 Å². The van der Waals surface area contributed by atoms with Gasteiger partial charge in [-0.2, -0.15) is 0 Å². The number of para-hydroxylation sites is 1. The molecule has 0 aliphatic carbocycles. The van der Waals surface area contributed by atoms with Gasteiger partial charge in [0.1, 0.15) is 5.82 Å². The Hall–Kier alpha value is -1.67. The molecule has 1 atom stereocenters. The largest absolute Gasteiger partial charge is 0.465 e. The third-order valence-corrected chi connectivity index (χ3v) is 4.55. The average molecular weight is 350 g/mol. The summed E-state index contributed by atoms with van der Waals surface area (Å²) < 4.78 is 40.9. The number of ether oxygens (including phenoxy) is 1. The van der Waals surface area contributed by atoms with Gasteiger partial charge in [-0.1, -0.05) is 6.07 Å². The van der Waals surface area contributed by atoms with E-state index in [1.54, 1.807) is 0 Å². The summed E-state index contributed by atoms with van der Waals surface area (Å²) in [5.41, 5.74) is -0.293. The highest BCUT2D eigenvalue weighted by Gasteiger charge is 2.36. The lowest BCUT2D eigenvalue weighted by Crippen LogP contribution is -2.28. The third-order valence-electron chi connectivity index (χ3n) is 3.30. The number of amides is 1. The highest BCUT2D eigenvalue weighted by atomic mass is 35.7. The Balaban J connectivity index is 2.36. The van der Waals surface area contributed by atoms with E-state index >= 15 is 0 Å². The van der Waals surface area contributed by atoms with Gasteiger partial charge >= 0.3 is 5.97 Å². The molecule has 2 rings (SSSR count). The first-order valence-electron chi connectivity index (χ1n) is 6.32. The van der Waals surface area contributed by atoms with Crippen molar-refractivity contribution in [2.24, 2.45) is 5.92 Å². The van der Waals surface area contributed by atoms with E-state index in [4.69, 9.17) is 10.7 Å². The van der Waals surface area contributed by atoms with Gasteiger partial charge in [-0.3, -0.25) is 4.79 Å². The highest BCUT2D eigenvalue weighted by Crippen LogP contribution is 2.32. The van der Waals surface area contributed by atoms with Crippen LogP contribution in [0.1, 0.15) is 16.8 Å². The quantitative estimate of drug-likeness (QED) is 0.608. The Morgan fingerprint density at radius 2 is 2.18 bits per heavy atom. The smallest absolute Gasteiger partial charge is 0.340 e. The van der Waals surface area contributed by atoms with E-state index in [0.29, 0.717) is 0 Å². The molecule has 1 amide bonds. The zero-order valence-corrected chi connectivity index (χ0v) is 13.2. The summed E-state index contributed by atoms with van der Waals surface area (Å²) in [5, 5.41) is 0. The molecule has 0 saturated carbocycles. The molecule has 0 aromatic heterocycles. The minimum atomic E-state index is -3.77. The first kappa shape index (κ1) is 16.7. The van der Waals surface area contributed by atoms with E-state index in [9.17, 15) is 22.4 Å². The summed E-state index contributed by atoms with van der Waals surface area (Å²) in [6, 6.07) is 3.77. The number of carbonyl (C=O) groups excluding carboxylic acids is 2. The van der Waals surface area contributed by atoms with Crippen LogP contribution in [0.2, 0.25) is 0 Å². The monoisotopic (exact) mass is 349 g/mol. The number of carbonyl (C=O) groups is 2. The van der Waals surface area contributed by atoms with Gasteiger partial charge in [-0.25, -0.2) is 17.6 Å². The number of benzene rings is 1. The molecule has 1 fully saturated rings. The number of rotatable bonds is 4. The highest BCUT2D eigenvalue weighted by molar-refractivity contribution is 8.13. The minimum Gasteiger partial charge on any atom is -0.465 e. The van der Waals surface area contributed by atoms with Crippen LogP contribution >= 0.6 is 10.7 Å². The Morgan fingerprint density at radius 3 is 2.77 bits per heavy atom. The van der Waals surface area contributed by atoms with Crippen molar-refractivity contribution < 1.29 is 27.1 Å². The fourth-order valence-corrected chi connectivity index (χ4v) is 3.78. The zero-order chi connectivity index (χ0) is 16.5. The maximum Gasteiger partial charge on any atom is 0.340 e. The molecule has 1 heterocycles. The van der Waals surface area contributed by atoms with Crippen molar-refractivity contribution >= 4 is 37.3 Å². The summed E-state index contributed by atoms with van der Waals surface area (Å²) >= 11 is 0. The van der Waals surface area contributed by atoms with Crippen molar-refractivity contribution in [1.29, 1.82) is 0 Å². The fourth-order valence-electron chi connectivity index (χ4n) is 2.46. The predicted octanol–water partition coefficient (Wildman–Crippen LogP) is 1.53. The number of anilines is 1. The van der Waals surface area contributed by atoms with Crippen LogP contribution in [-0.2, 0) is 18.6 Å². The molecule has 22 heavy (non-hydrogen) atoms. The standard InChI is InChI=1S/C13H13ClFNO5S/c1-21-13(18)9-3-2-4-10(15)12(9)16-6-8(5-11(16)17)7-22(14,19)20/h2-4,8H,5-7H2,1H3. The number of methoxy groups -OCH3 is 1.